The first-order chi connectivity index (χ1) is 29.3. The van der Waals surface area contributed by atoms with Crippen LogP contribution in [0, 0.1) is 0 Å². The summed E-state index contributed by atoms with van der Waals surface area (Å²) < 4.78 is 2.49. The molecule has 1 aromatic heterocycles. The Morgan fingerprint density at radius 2 is 0.915 bits per heavy atom. The van der Waals surface area contributed by atoms with Crippen molar-refractivity contribution in [3.63, 3.8) is 0 Å². The van der Waals surface area contributed by atoms with Gasteiger partial charge in [0.2, 0.25) is 0 Å². The maximum Gasteiger partial charge on any atom is 0.0726 e. The Morgan fingerprint density at radius 1 is 0.339 bits per heavy atom. The molecule has 0 saturated carbocycles. The second-order valence-corrected chi connectivity index (χ2v) is 16.0. The SMILES string of the molecule is c1ccc(-c2ccc(N(c3cccc4ccccc34)c3ccc4c5c3ccc3c5c5c(cccc5n3-c3ccccc3)C43c4ccccc4-c4ccccc43)cc2)cc1. The minimum atomic E-state index is -0.505. The van der Waals surface area contributed by atoms with Crippen LogP contribution >= 0.6 is 0 Å². The lowest BCUT2D eigenvalue weighted by Crippen LogP contribution is -2.30. The van der Waals surface area contributed by atoms with Crippen LogP contribution in [-0.2, 0) is 5.41 Å². The maximum absolute atomic E-state index is 2.50. The van der Waals surface area contributed by atoms with Crippen molar-refractivity contribution in [2.75, 3.05) is 4.90 Å². The highest BCUT2D eigenvalue weighted by Gasteiger charge is 2.50. The van der Waals surface area contributed by atoms with Gasteiger partial charge in [-0.15, -0.1) is 0 Å². The molecule has 10 aromatic carbocycles. The van der Waals surface area contributed by atoms with Crippen LogP contribution < -0.4 is 4.90 Å². The van der Waals surface area contributed by atoms with E-state index in [2.05, 4.69) is 228 Å². The zero-order chi connectivity index (χ0) is 38.7. The van der Waals surface area contributed by atoms with Crippen LogP contribution in [0.3, 0.4) is 0 Å². The van der Waals surface area contributed by atoms with Gasteiger partial charge in [-0.3, -0.25) is 0 Å². The summed E-state index contributed by atoms with van der Waals surface area (Å²) in [6, 6.07) is 81.0. The average molecular weight is 749 g/mol. The molecular weight excluding hydrogens is 713 g/mol. The molecule has 274 valence electrons. The van der Waals surface area contributed by atoms with E-state index in [0.29, 0.717) is 0 Å². The molecule has 0 fully saturated rings. The first kappa shape index (κ1) is 32.4. The number of benzene rings is 10. The van der Waals surface area contributed by atoms with E-state index in [9.17, 15) is 0 Å². The zero-order valence-corrected chi connectivity index (χ0v) is 32.2. The minimum absolute atomic E-state index is 0.505. The third kappa shape index (κ3) is 4.30. The molecule has 0 amide bonds. The van der Waals surface area contributed by atoms with Gasteiger partial charge in [-0.2, -0.15) is 0 Å². The first-order valence-electron chi connectivity index (χ1n) is 20.5. The van der Waals surface area contributed by atoms with Crippen LogP contribution in [0.5, 0.6) is 0 Å². The van der Waals surface area contributed by atoms with Crippen LogP contribution in [0.4, 0.5) is 17.1 Å². The van der Waals surface area contributed by atoms with Crippen molar-refractivity contribution in [2.45, 2.75) is 5.41 Å². The third-order valence-electron chi connectivity index (χ3n) is 13.2. The highest BCUT2D eigenvalue weighted by Crippen LogP contribution is 2.63. The van der Waals surface area contributed by atoms with Gasteiger partial charge in [-0.05, 0) is 104 Å². The highest BCUT2D eigenvalue weighted by atomic mass is 15.1. The monoisotopic (exact) mass is 748 g/mol. The molecule has 2 aliphatic carbocycles. The van der Waals surface area contributed by atoms with E-state index in [1.165, 1.54) is 93.5 Å². The molecule has 11 aromatic rings. The van der Waals surface area contributed by atoms with Gasteiger partial charge in [0.1, 0.15) is 0 Å². The summed E-state index contributed by atoms with van der Waals surface area (Å²) in [6.45, 7) is 0. The van der Waals surface area contributed by atoms with Gasteiger partial charge in [0.25, 0.3) is 0 Å². The summed E-state index contributed by atoms with van der Waals surface area (Å²) in [5.41, 5.74) is 17.0. The molecule has 0 unspecified atom stereocenters. The van der Waals surface area contributed by atoms with Gasteiger partial charge in [0.05, 0.1) is 27.8 Å². The molecular formula is C57H36N2. The van der Waals surface area contributed by atoms with E-state index >= 15 is 0 Å². The Hall–Kier alpha value is -7.68. The molecule has 0 atom stereocenters. The smallest absolute Gasteiger partial charge is 0.0726 e. The lowest BCUT2D eigenvalue weighted by molar-refractivity contribution is 0.783. The summed E-state index contributed by atoms with van der Waals surface area (Å²) in [6.07, 6.45) is 0. The summed E-state index contributed by atoms with van der Waals surface area (Å²) in [4.78, 5) is 2.50. The van der Waals surface area contributed by atoms with E-state index in [4.69, 9.17) is 0 Å². The normalized spacial score (nSPS) is 13.2. The Morgan fingerprint density at radius 3 is 1.69 bits per heavy atom. The van der Waals surface area contributed by atoms with E-state index in [-0.39, 0.29) is 0 Å². The summed E-state index contributed by atoms with van der Waals surface area (Å²) in [7, 11) is 0. The van der Waals surface area contributed by atoms with Gasteiger partial charge in [-0.1, -0.05) is 170 Å². The molecule has 2 nitrogen and oxygen atoms in total. The van der Waals surface area contributed by atoms with Crippen molar-refractivity contribution >= 4 is 60.4 Å². The molecule has 1 heterocycles. The number of hydrogen-bond acceptors (Lipinski definition) is 1. The predicted molar refractivity (Wildman–Crippen MR) is 247 cm³/mol. The average Bonchev–Trinajstić information content (AvgIpc) is 3.81. The van der Waals surface area contributed by atoms with Gasteiger partial charge < -0.3 is 9.47 Å². The van der Waals surface area contributed by atoms with Crippen molar-refractivity contribution in [1.82, 2.24) is 4.57 Å². The number of nitrogens with zero attached hydrogens (tertiary/aromatic N) is 2. The van der Waals surface area contributed by atoms with Gasteiger partial charge in [0, 0.05) is 32.9 Å². The van der Waals surface area contributed by atoms with Gasteiger partial charge >= 0.3 is 0 Å². The fourth-order valence-electron chi connectivity index (χ4n) is 10.9. The molecule has 0 N–H and O–H groups in total. The molecule has 0 saturated heterocycles. The second kappa shape index (κ2) is 12.2. The van der Waals surface area contributed by atoms with E-state index in [0.717, 1.165) is 17.1 Å². The number of rotatable bonds is 5. The molecule has 0 bridgehead atoms. The quantitative estimate of drug-likeness (QED) is 0.170. The molecule has 2 heteroatoms. The van der Waals surface area contributed by atoms with Gasteiger partial charge in [-0.25, -0.2) is 0 Å². The number of fused-ring (bicyclic) bond motifs is 8. The first-order valence-corrected chi connectivity index (χ1v) is 20.5. The second-order valence-electron chi connectivity index (χ2n) is 16.0. The number of hydrogen-bond donors (Lipinski definition) is 0. The summed E-state index contributed by atoms with van der Waals surface area (Å²) in [5.74, 6) is 0. The third-order valence-corrected chi connectivity index (χ3v) is 13.2. The maximum atomic E-state index is 2.50. The summed E-state index contributed by atoms with van der Waals surface area (Å²) >= 11 is 0. The van der Waals surface area contributed by atoms with Crippen LogP contribution in [-0.4, -0.2) is 4.57 Å². The summed E-state index contributed by atoms with van der Waals surface area (Å²) in [5, 5.41) is 7.63. The molecule has 1 spiro atoms. The number of para-hydroxylation sites is 1. The molecule has 2 aliphatic rings. The van der Waals surface area contributed by atoms with E-state index in [1.54, 1.807) is 0 Å². The Balaban J connectivity index is 1.18. The largest absolute Gasteiger partial charge is 0.309 e. The lowest BCUT2D eigenvalue weighted by Gasteiger charge is -2.39. The van der Waals surface area contributed by atoms with Crippen molar-refractivity contribution in [3.05, 3.63) is 241 Å². The van der Waals surface area contributed by atoms with Crippen LogP contribution in [0.2, 0.25) is 0 Å². The Bertz CT molecular complexity index is 3440. The van der Waals surface area contributed by atoms with Crippen molar-refractivity contribution in [2.24, 2.45) is 0 Å². The molecule has 13 rings (SSSR count). The van der Waals surface area contributed by atoms with Crippen molar-refractivity contribution in [3.8, 4) is 27.9 Å². The predicted octanol–water partition coefficient (Wildman–Crippen LogP) is 14.9. The van der Waals surface area contributed by atoms with Crippen LogP contribution in [0.15, 0.2) is 218 Å². The van der Waals surface area contributed by atoms with Crippen LogP contribution in [0.1, 0.15) is 22.3 Å². The van der Waals surface area contributed by atoms with Crippen molar-refractivity contribution in [1.29, 1.82) is 0 Å². The number of aromatic nitrogens is 1. The fourth-order valence-corrected chi connectivity index (χ4v) is 10.9. The zero-order valence-electron chi connectivity index (χ0n) is 32.2. The fraction of sp³-hybridized carbons (Fsp3) is 0.0175. The Labute approximate surface area is 342 Å². The topological polar surface area (TPSA) is 8.17 Å². The van der Waals surface area contributed by atoms with E-state index in [1.807, 2.05) is 0 Å². The van der Waals surface area contributed by atoms with E-state index < -0.39 is 5.41 Å². The molecule has 0 radical (unpaired) electrons. The molecule has 59 heavy (non-hydrogen) atoms. The van der Waals surface area contributed by atoms with Crippen LogP contribution in [0.25, 0.3) is 71.3 Å². The van der Waals surface area contributed by atoms with Crippen molar-refractivity contribution < 1.29 is 0 Å². The molecule has 0 aliphatic heterocycles. The highest BCUT2D eigenvalue weighted by molar-refractivity contribution is 6.28. The standard InChI is InChI=1S/C57H36N2/c1-3-15-37(16-4-1)38-29-31-41(32-30-38)58(50-27-13-18-39-17-7-8-21-42(39)50)51-36-34-49-54-45(51)33-35-53-56(54)55-48(26-14-28-52(55)59(53)40-19-5-2-6-20-40)57(49)46-24-11-9-22-43(46)44-23-10-12-25-47(44)57/h1-36H. The minimum Gasteiger partial charge on any atom is -0.309 e. The van der Waals surface area contributed by atoms with Gasteiger partial charge in [0.15, 0.2) is 0 Å². The Kier molecular flexibility index (Phi) is 6.68. The number of anilines is 3. The lowest BCUT2D eigenvalue weighted by atomic mass is 9.63.